The highest BCUT2D eigenvalue weighted by atomic mass is 79.9. The summed E-state index contributed by atoms with van der Waals surface area (Å²) in [5, 5.41) is 2.54. The minimum Gasteiger partial charge on any atom is -0.363 e. The van der Waals surface area contributed by atoms with Crippen molar-refractivity contribution in [2.45, 2.75) is 12.8 Å². The van der Waals surface area contributed by atoms with E-state index in [9.17, 15) is 8.78 Å². The van der Waals surface area contributed by atoms with Gasteiger partial charge in [-0.1, -0.05) is 0 Å². The number of alkyl halides is 2. The molecule has 84 valence electrons. The summed E-state index contributed by atoms with van der Waals surface area (Å²) in [5.74, 6) is -2.51. The van der Waals surface area contributed by atoms with E-state index in [1.165, 1.54) is 0 Å². The van der Waals surface area contributed by atoms with Gasteiger partial charge in [0.2, 0.25) is 0 Å². The fourth-order valence-electron chi connectivity index (χ4n) is 0.949. The Labute approximate surface area is 95.2 Å². The van der Waals surface area contributed by atoms with Gasteiger partial charge in [-0.15, -0.1) is 0 Å². The Balaban J connectivity index is 2.66. The maximum atomic E-state index is 12.8. The molecule has 0 saturated carbocycles. The SMILES string of the molecule is Cc1cnc(NCC(F)(F)CN)c(Br)c1. The first-order chi connectivity index (χ1) is 6.94. The van der Waals surface area contributed by atoms with Gasteiger partial charge in [0.05, 0.1) is 17.6 Å². The topological polar surface area (TPSA) is 50.9 Å². The molecule has 0 aliphatic rings. The highest BCUT2D eigenvalue weighted by molar-refractivity contribution is 9.10. The molecule has 3 N–H and O–H groups in total. The standard InChI is InChI=1S/C9H12BrF2N3/c1-6-2-7(10)8(14-3-6)15-5-9(11,12)4-13/h2-3H,4-5,13H2,1H3,(H,14,15). The Hall–Kier alpha value is -0.750. The van der Waals surface area contributed by atoms with Crippen LogP contribution in [0.4, 0.5) is 14.6 Å². The summed E-state index contributed by atoms with van der Waals surface area (Å²) in [6.07, 6.45) is 1.60. The fraction of sp³-hybridized carbons (Fsp3) is 0.444. The summed E-state index contributed by atoms with van der Waals surface area (Å²) in [4.78, 5) is 3.98. The first kappa shape index (κ1) is 12.3. The van der Waals surface area contributed by atoms with E-state index >= 15 is 0 Å². The van der Waals surface area contributed by atoms with Crippen LogP contribution in [0, 0.1) is 6.92 Å². The predicted octanol–water partition coefficient (Wildman–Crippen LogP) is 2.16. The van der Waals surface area contributed by atoms with Crippen LogP contribution in [0.5, 0.6) is 0 Å². The second kappa shape index (κ2) is 4.85. The molecule has 6 heteroatoms. The van der Waals surface area contributed by atoms with Crippen LogP contribution in [-0.4, -0.2) is 24.0 Å². The molecule has 1 aromatic heterocycles. The van der Waals surface area contributed by atoms with Crippen LogP contribution in [0.15, 0.2) is 16.7 Å². The third-order valence-corrected chi connectivity index (χ3v) is 2.40. The number of nitrogens with one attached hydrogen (secondary N) is 1. The van der Waals surface area contributed by atoms with Crippen molar-refractivity contribution in [2.24, 2.45) is 5.73 Å². The number of nitrogens with two attached hydrogens (primary N) is 1. The number of halogens is 3. The summed E-state index contributed by atoms with van der Waals surface area (Å²) in [5.41, 5.74) is 5.87. The van der Waals surface area contributed by atoms with Crippen LogP contribution < -0.4 is 11.1 Å². The molecule has 0 bridgehead atoms. The number of aromatic nitrogens is 1. The summed E-state index contributed by atoms with van der Waals surface area (Å²) in [6, 6.07) is 1.80. The number of pyridine rings is 1. The molecule has 3 nitrogen and oxygen atoms in total. The van der Waals surface area contributed by atoms with E-state index in [4.69, 9.17) is 5.73 Å². The van der Waals surface area contributed by atoms with Gasteiger partial charge < -0.3 is 11.1 Å². The second-order valence-corrected chi connectivity index (χ2v) is 4.11. The van der Waals surface area contributed by atoms with E-state index in [0.717, 1.165) is 5.56 Å². The third-order valence-electron chi connectivity index (χ3n) is 1.79. The minimum atomic E-state index is -2.91. The largest absolute Gasteiger partial charge is 0.363 e. The summed E-state index contributed by atoms with van der Waals surface area (Å²) in [7, 11) is 0. The molecular formula is C9H12BrF2N3. The van der Waals surface area contributed by atoms with E-state index in [1.807, 2.05) is 6.92 Å². The van der Waals surface area contributed by atoms with Crippen molar-refractivity contribution in [3.05, 3.63) is 22.3 Å². The minimum absolute atomic E-state index is 0.397. The Bertz CT molecular complexity index is 344. The highest BCUT2D eigenvalue weighted by Crippen LogP contribution is 2.21. The normalized spacial score (nSPS) is 11.5. The van der Waals surface area contributed by atoms with Crippen molar-refractivity contribution in [3.8, 4) is 0 Å². The Morgan fingerprint density at radius 2 is 2.27 bits per heavy atom. The molecule has 15 heavy (non-hydrogen) atoms. The Morgan fingerprint density at radius 1 is 1.60 bits per heavy atom. The number of hydrogen-bond donors (Lipinski definition) is 2. The zero-order valence-corrected chi connectivity index (χ0v) is 9.81. The Morgan fingerprint density at radius 3 is 2.80 bits per heavy atom. The predicted molar refractivity (Wildman–Crippen MR) is 59.2 cm³/mol. The molecule has 0 aliphatic carbocycles. The van der Waals surface area contributed by atoms with Crippen LogP contribution in [0.1, 0.15) is 5.56 Å². The molecule has 1 aromatic rings. The molecule has 1 heterocycles. The van der Waals surface area contributed by atoms with Gasteiger partial charge in [0.1, 0.15) is 5.82 Å². The molecule has 1 rings (SSSR count). The molecule has 0 amide bonds. The summed E-state index contributed by atoms with van der Waals surface area (Å²) < 4.78 is 26.3. The van der Waals surface area contributed by atoms with Crippen molar-refractivity contribution in [3.63, 3.8) is 0 Å². The van der Waals surface area contributed by atoms with Crippen LogP contribution in [0.3, 0.4) is 0 Å². The second-order valence-electron chi connectivity index (χ2n) is 3.26. The zero-order valence-electron chi connectivity index (χ0n) is 8.23. The fourth-order valence-corrected chi connectivity index (χ4v) is 1.55. The van der Waals surface area contributed by atoms with Gasteiger partial charge in [0, 0.05) is 6.20 Å². The van der Waals surface area contributed by atoms with Crippen molar-refractivity contribution >= 4 is 21.7 Å². The van der Waals surface area contributed by atoms with E-state index in [2.05, 4.69) is 26.2 Å². The average Bonchev–Trinajstić information content (AvgIpc) is 2.16. The molecule has 0 saturated heterocycles. The lowest BCUT2D eigenvalue weighted by molar-refractivity contribution is 0.0253. The lowest BCUT2D eigenvalue weighted by Crippen LogP contribution is -2.35. The van der Waals surface area contributed by atoms with Gasteiger partial charge in [-0.3, -0.25) is 0 Å². The van der Waals surface area contributed by atoms with Crippen molar-refractivity contribution in [1.29, 1.82) is 0 Å². The van der Waals surface area contributed by atoms with Crippen LogP contribution >= 0.6 is 15.9 Å². The van der Waals surface area contributed by atoms with Gasteiger partial charge in [0.25, 0.3) is 5.92 Å². The molecule has 0 fully saturated rings. The molecule has 0 aliphatic heterocycles. The van der Waals surface area contributed by atoms with Crippen molar-refractivity contribution in [1.82, 2.24) is 4.98 Å². The lowest BCUT2D eigenvalue weighted by atomic mass is 10.3. The first-order valence-electron chi connectivity index (χ1n) is 4.38. The summed E-state index contributed by atoms with van der Waals surface area (Å²) >= 11 is 3.24. The number of hydrogen-bond acceptors (Lipinski definition) is 3. The van der Waals surface area contributed by atoms with E-state index < -0.39 is 19.0 Å². The summed E-state index contributed by atoms with van der Waals surface area (Å²) in [6.45, 7) is 0.678. The molecule has 0 unspecified atom stereocenters. The van der Waals surface area contributed by atoms with Gasteiger partial charge in [-0.25, -0.2) is 13.8 Å². The molecule has 0 radical (unpaired) electrons. The number of nitrogens with zero attached hydrogens (tertiary/aromatic N) is 1. The van der Waals surface area contributed by atoms with Gasteiger partial charge >= 0.3 is 0 Å². The molecule has 0 spiro atoms. The van der Waals surface area contributed by atoms with Gasteiger partial charge in [-0.2, -0.15) is 0 Å². The van der Waals surface area contributed by atoms with E-state index in [1.54, 1.807) is 12.3 Å². The monoisotopic (exact) mass is 279 g/mol. The van der Waals surface area contributed by atoms with Gasteiger partial charge in [0.15, 0.2) is 0 Å². The third kappa shape index (κ3) is 3.71. The zero-order chi connectivity index (χ0) is 11.5. The maximum absolute atomic E-state index is 12.8. The van der Waals surface area contributed by atoms with Crippen molar-refractivity contribution in [2.75, 3.05) is 18.4 Å². The van der Waals surface area contributed by atoms with Crippen LogP contribution in [0.2, 0.25) is 0 Å². The number of rotatable bonds is 4. The molecule has 0 aromatic carbocycles. The first-order valence-corrected chi connectivity index (χ1v) is 5.18. The van der Waals surface area contributed by atoms with Crippen LogP contribution in [-0.2, 0) is 0 Å². The van der Waals surface area contributed by atoms with Gasteiger partial charge in [-0.05, 0) is 34.5 Å². The number of aryl methyl sites for hydroxylation is 1. The smallest absolute Gasteiger partial charge is 0.276 e. The Kier molecular flexibility index (Phi) is 3.98. The lowest BCUT2D eigenvalue weighted by Gasteiger charge is -2.15. The van der Waals surface area contributed by atoms with Crippen LogP contribution in [0.25, 0.3) is 0 Å². The average molecular weight is 280 g/mol. The van der Waals surface area contributed by atoms with Crippen molar-refractivity contribution < 1.29 is 8.78 Å². The van der Waals surface area contributed by atoms with E-state index in [0.29, 0.717) is 10.3 Å². The number of anilines is 1. The molecule has 0 atom stereocenters. The van der Waals surface area contributed by atoms with E-state index in [-0.39, 0.29) is 0 Å². The quantitative estimate of drug-likeness (QED) is 0.888. The molecular weight excluding hydrogens is 268 g/mol. The maximum Gasteiger partial charge on any atom is 0.276 e. The highest BCUT2D eigenvalue weighted by Gasteiger charge is 2.26.